The van der Waals surface area contributed by atoms with E-state index in [9.17, 15) is 71.9 Å². The van der Waals surface area contributed by atoms with E-state index in [0.29, 0.717) is 96.6 Å². The first-order valence-electron chi connectivity index (χ1n) is 30.9. The van der Waals surface area contributed by atoms with E-state index in [-0.39, 0.29) is 56.0 Å². The molecule has 0 atom stereocenters. The Morgan fingerprint density at radius 2 is 0.737 bits per heavy atom. The monoisotopic (exact) mass is 1310 g/mol. The van der Waals surface area contributed by atoms with Crippen molar-refractivity contribution < 1.29 is 26.8 Å². The largest absolute Gasteiger partial charge is 0.405 e. The summed E-state index contributed by atoms with van der Waals surface area (Å²) in [5.41, 5.74) is -6.11. The van der Waals surface area contributed by atoms with Gasteiger partial charge in [-0.2, -0.15) is 0 Å². The molecule has 3 fully saturated rings. The molecule has 3 aliphatic carbocycles. The van der Waals surface area contributed by atoms with Crippen molar-refractivity contribution in [2.75, 3.05) is 13.7 Å². The molecule has 10 aromatic rings. The van der Waals surface area contributed by atoms with Gasteiger partial charge in [0.2, 0.25) is 28.6 Å². The molecule has 0 spiro atoms. The minimum absolute atomic E-state index is 0.0279. The van der Waals surface area contributed by atoms with Gasteiger partial charge in [-0.05, 0) is 116 Å². The second kappa shape index (κ2) is 31.1. The molecule has 3 saturated carbocycles. The van der Waals surface area contributed by atoms with Crippen LogP contribution in [0.5, 0.6) is 0 Å². The van der Waals surface area contributed by atoms with Crippen LogP contribution in [0, 0.1) is 30.1 Å². The molecule has 0 saturated heterocycles. The first-order chi connectivity index (χ1) is 45.5. The average Bonchev–Trinajstić information content (AvgIpc) is 0.829. The molecule has 31 nitrogen and oxygen atoms in total. The van der Waals surface area contributed by atoms with Gasteiger partial charge in [-0.3, -0.25) is 73.8 Å². The van der Waals surface area contributed by atoms with Crippen molar-refractivity contribution >= 4 is 55.5 Å². The van der Waals surface area contributed by atoms with Crippen LogP contribution in [0.15, 0.2) is 124 Å². The van der Waals surface area contributed by atoms with Gasteiger partial charge in [0.05, 0.1) is 0 Å². The fourth-order valence-corrected chi connectivity index (χ4v) is 12.1. The third-order valence-corrected chi connectivity index (χ3v) is 16.8. The lowest BCUT2D eigenvalue weighted by atomic mass is 9.79. The number of unbranched alkanes of at least 4 members (excludes halogenated alkanes) is 1. The Morgan fingerprint density at radius 1 is 0.400 bits per heavy atom. The van der Waals surface area contributed by atoms with Gasteiger partial charge in [-0.25, -0.2) is 47.9 Å². The first kappa shape index (κ1) is 68.3. The number of methoxy groups -OCH3 is 1. The highest BCUT2D eigenvalue weighted by Gasteiger charge is 2.26. The predicted octanol–water partition coefficient (Wildman–Crippen LogP) is 3.53. The lowest BCUT2D eigenvalue weighted by Crippen LogP contribution is -2.25. The van der Waals surface area contributed by atoms with E-state index in [0.717, 1.165) is 50.9 Å². The zero-order valence-corrected chi connectivity index (χ0v) is 51.7. The number of aryl methyl sites for hydroxylation is 2. The van der Waals surface area contributed by atoms with Crippen molar-refractivity contribution in [3.8, 4) is 12.3 Å². The number of terminal acetylenes is 1. The van der Waals surface area contributed by atoms with E-state index in [1.165, 1.54) is 68.9 Å². The van der Waals surface area contributed by atoms with E-state index >= 15 is 0 Å². The van der Waals surface area contributed by atoms with Crippen molar-refractivity contribution in [1.82, 2.24) is 49.8 Å². The van der Waals surface area contributed by atoms with E-state index in [1.54, 1.807) is 7.11 Å². The van der Waals surface area contributed by atoms with Gasteiger partial charge >= 0.3 is 56.6 Å². The zero-order chi connectivity index (χ0) is 68.0. The minimum Gasteiger partial charge on any atom is -0.405 e. The Bertz CT molecular complexity index is 5430. The Kier molecular flexibility index (Phi) is 22.3. The molecule has 10 aromatic heterocycles. The molecule has 0 bridgehead atoms. The number of aromatic amines is 10. The zero-order valence-electron chi connectivity index (χ0n) is 51.7. The second-order valence-corrected chi connectivity index (χ2v) is 23.6. The second-order valence-electron chi connectivity index (χ2n) is 23.6. The van der Waals surface area contributed by atoms with E-state index in [4.69, 9.17) is 33.2 Å². The van der Waals surface area contributed by atoms with Gasteiger partial charge in [0.25, 0.3) is 27.8 Å². The average molecular weight is 1310 g/mol. The summed E-state index contributed by atoms with van der Waals surface area (Å²) >= 11 is 0. The van der Waals surface area contributed by atoms with E-state index < -0.39 is 84.4 Å². The normalized spacial score (nSPS) is 15.6. The number of nitrogens with one attached hydrogen (secondary N) is 10. The molecule has 0 amide bonds. The molecule has 95 heavy (non-hydrogen) atoms. The van der Waals surface area contributed by atoms with Crippen LogP contribution >= 0.6 is 0 Å². The summed E-state index contributed by atoms with van der Waals surface area (Å²) in [5, 5.41) is 1.25. The van der Waals surface area contributed by atoms with Crippen LogP contribution in [0.25, 0.3) is 55.5 Å². The maximum atomic E-state index is 12.0. The van der Waals surface area contributed by atoms with Crippen molar-refractivity contribution in [3.05, 3.63) is 214 Å². The lowest BCUT2D eigenvalue weighted by Gasteiger charge is -2.26. The Balaban J connectivity index is 0.000000140. The molecule has 500 valence electrons. The van der Waals surface area contributed by atoms with E-state index in [1.807, 2.05) is 0 Å². The fraction of sp³-hybridized carbons (Fsp3) is 0.422. The number of hydrogen-bond acceptors (Lipinski definition) is 21. The highest BCUT2D eigenvalue weighted by molar-refractivity contribution is 5.78. The van der Waals surface area contributed by atoms with Crippen LogP contribution in [0.3, 0.4) is 0 Å². The third kappa shape index (κ3) is 17.6. The Hall–Kier alpha value is -11.0. The van der Waals surface area contributed by atoms with Crippen LogP contribution < -0.4 is 84.4 Å². The number of hydrogen-bond donors (Lipinski definition) is 10. The number of aromatic nitrogens is 10. The quantitative estimate of drug-likeness (QED) is 0.0475. The summed E-state index contributed by atoms with van der Waals surface area (Å²) in [7, 11) is 1.57. The molecular weight excluding hydrogens is 1240 g/mol. The molecule has 0 aliphatic heterocycles. The fourth-order valence-electron chi connectivity index (χ4n) is 12.1. The highest BCUT2D eigenvalue weighted by Crippen LogP contribution is 2.38. The summed E-state index contributed by atoms with van der Waals surface area (Å²) in [6, 6.07) is 6.59. The van der Waals surface area contributed by atoms with E-state index in [2.05, 4.69) is 62.7 Å². The standard InChI is InChI=1S/2C15H18N2O4.C12H10N2O4.C11H12N2O5.C11H10N2O4/c1-8-2-4-9(5-3-8)6-10-7-11(18)21-14-12(10)13(19)16-15(20)17-14;18-11-8-10(7-9-5-3-1-2-4-6-9)12-13(19)16-15(20)17-14(12)21-11;1-2-3-4-5-7-6-8(15)18-11-9(7)10(16)13-12(17)14-11;1-17-4-2-3-6-5-7(14)18-10-8(6)9(15)12-11(16)13-10;14-7-4-6(5-2-1-3-5)8-9(15)12-11(16)13-10(8)17-7/h7-9H,2-6H2,1H3,(H2,16,17,19,20);8-9H,1-7H2,(H2,16,17,19,20);1,6H,3-5H2,(H2,13,14,16,17);5H,2-4H2,1H3,(H2,12,13,15,16);4-5H,1-3H2,(H2,12,13,15,16). The van der Waals surface area contributed by atoms with Gasteiger partial charge < -0.3 is 26.8 Å². The van der Waals surface area contributed by atoms with Gasteiger partial charge in [0.15, 0.2) is 0 Å². The van der Waals surface area contributed by atoms with Crippen LogP contribution in [0.4, 0.5) is 0 Å². The van der Waals surface area contributed by atoms with Gasteiger partial charge in [-0.1, -0.05) is 64.7 Å². The van der Waals surface area contributed by atoms with Crippen LogP contribution in [0.2, 0.25) is 0 Å². The molecule has 0 radical (unpaired) electrons. The third-order valence-electron chi connectivity index (χ3n) is 16.8. The highest BCUT2D eigenvalue weighted by atomic mass is 16.5. The lowest BCUT2D eigenvalue weighted by molar-refractivity contribution is 0.195. The van der Waals surface area contributed by atoms with Crippen molar-refractivity contribution in [1.29, 1.82) is 0 Å². The number of ether oxygens (including phenoxy) is 1. The molecule has 0 aromatic carbocycles. The summed E-state index contributed by atoms with van der Waals surface area (Å²) in [6.07, 6.45) is 24.0. The summed E-state index contributed by atoms with van der Waals surface area (Å²) in [5.74, 6) is 4.39. The maximum absolute atomic E-state index is 12.0. The maximum Gasteiger partial charge on any atom is 0.337 e. The van der Waals surface area contributed by atoms with Crippen LogP contribution in [-0.2, 0) is 30.4 Å². The molecule has 0 unspecified atom stereocenters. The summed E-state index contributed by atoms with van der Waals surface area (Å²) in [4.78, 5) is 195. The molecule has 10 N–H and O–H groups in total. The molecule has 13 rings (SSSR count). The summed E-state index contributed by atoms with van der Waals surface area (Å²) < 4.78 is 29.3. The minimum atomic E-state index is -0.712. The topological polar surface area (TPSA) is 489 Å². The summed E-state index contributed by atoms with van der Waals surface area (Å²) in [6.45, 7) is 2.77. The molecule has 3 aliphatic rings. The van der Waals surface area contributed by atoms with Gasteiger partial charge in [0.1, 0.15) is 26.9 Å². The molecular formula is C64H68N10O21. The van der Waals surface area contributed by atoms with Crippen molar-refractivity contribution in [2.45, 2.75) is 141 Å². The molecule has 10 heterocycles. The van der Waals surface area contributed by atoms with Gasteiger partial charge in [0, 0.05) is 50.5 Å². The Morgan fingerprint density at radius 3 is 1.11 bits per heavy atom. The van der Waals surface area contributed by atoms with Crippen molar-refractivity contribution in [2.24, 2.45) is 17.8 Å². The van der Waals surface area contributed by atoms with Crippen molar-refractivity contribution in [3.63, 3.8) is 0 Å². The number of rotatable bonds is 12. The molecule has 31 heteroatoms. The Labute approximate surface area is 529 Å². The number of H-pyrrole nitrogens is 10. The van der Waals surface area contributed by atoms with Crippen LogP contribution in [-0.4, -0.2) is 63.6 Å². The van der Waals surface area contributed by atoms with Crippen LogP contribution in [0.1, 0.15) is 143 Å². The first-order valence-corrected chi connectivity index (χ1v) is 30.9. The predicted molar refractivity (Wildman–Crippen MR) is 347 cm³/mol. The SMILES string of the molecule is C#CCCCc1cc(=O)oc2[nH]c(=O)[nH]c(=O)c12.CC1CCC(Cc2cc(=O)oc3[nH]c(=O)[nH]c(=O)c23)CC1.COCCCc1cc(=O)oc2[nH]c(=O)[nH]c(=O)c12.O=c1[nH]c(=O)c2c(C3CCC3)cc(=O)oc2[nH]1.O=c1[nH]c(=O)c2c(CC3CCCCCC3)cc(=O)oc2[nH]1. The smallest absolute Gasteiger partial charge is 0.337 e. The number of fused-ring (bicyclic) bond motifs is 5. The van der Waals surface area contributed by atoms with Gasteiger partial charge in [-0.15, -0.1) is 12.3 Å².